The summed E-state index contributed by atoms with van der Waals surface area (Å²) in [6.45, 7) is 21.5. The molecule has 4 rings (SSSR count). The average Bonchev–Trinajstić information content (AvgIpc) is 3.37. The number of rotatable bonds is 14. The maximum Gasteiger partial charge on any atom is 0.315 e. The van der Waals surface area contributed by atoms with Gasteiger partial charge in [0.2, 0.25) is 29.4 Å². The van der Waals surface area contributed by atoms with E-state index in [0.29, 0.717) is 13.0 Å². The minimum Gasteiger partial charge on any atom is -0.345 e. The molecular weight excluding hydrogens is 700 g/mol. The number of carbonyl (C=O) groups excluding carboxylic acids is 7. The van der Waals surface area contributed by atoms with Crippen LogP contribution in [0.15, 0.2) is 30.3 Å². The van der Waals surface area contributed by atoms with Gasteiger partial charge in [0.15, 0.2) is 0 Å². The zero-order chi connectivity index (χ0) is 41.3. The minimum absolute atomic E-state index is 0.00614. The summed E-state index contributed by atoms with van der Waals surface area (Å²) in [5, 5.41) is 11.4. The standard InChI is InChI=1S/C42H64N6O7/c1-12-13-19-27(33(51)36(53)43-22-25-17-15-14-16-18-25)44-35(52)32-31-26(42(31,10)11)23-48(32)37(54)34(40(5,6)7)46-38(55)45-28(39(2,3)4)24-47-29(49)20-41(8,9)21-30(47)50/h14-18,26-28,31-32,34H,12-13,19-24H2,1-11H3,(H,43,53)(H,44,52)(H2,45,46,55)/t26-,27?,28-,31-,32-,34+/m0/s1. The van der Waals surface area contributed by atoms with E-state index in [1.165, 1.54) is 9.80 Å². The van der Waals surface area contributed by atoms with Gasteiger partial charge < -0.3 is 26.2 Å². The van der Waals surface area contributed by atoms with Gasteiger partial charge >= 0.3 is 6.03 Å². The maximum absolute atomic E-state index is 14.6. The first-order valence-corrected chi connectivity index (χ1v) is 19.8. The number of benzene rings is 1. The van der Waals surface area contributed by atoms with Gasteiger partial charge in [-0.2, -0.15) is 0 Å². The lowest BCUT2D eigenvalue weighted by Crippen LogP contribution is -2.63. The monoisotopic (exact) mass is 764 g/mol. The Morgan fingerprint density at radius 2 is 1.45 bits per heavy atom. The molecular formula is C42H64N6O7. The molecule has 7 amide bonds. The van der Waals surface area contributed by atoms with Crippen molar-refractivity contribution >= 4 is 41.4 Å². The van der Waals surface area contributed by atoms with Crippen LogP contribution in [-0.4, -0.2) is 88.4 Å². The second-order valence-electron chi connectivity index (χ2n) is 19.4. The fraction of sp³-hybridized carbons (Fsp3) is 0.690. The molecule has 4 N–H and O–H groups in total. The number of nitrogens with one attached hydrogen (secondary N) is 4. The van der Waals surface area contributed by atoms with Crippen LogP contribution in [-0.2, 0) is 35.3 Å². The lowest BCUT2D eigenvalue weighted by Gasteiger charge is -2.40. The summed E-state index contributed by atoms with van der Waals surface area (Å²) in [6, 6.07) is 4.93. The first kappa shape index (κ1) is 43.4. The fourth-order valence-electron chi connectivity index (χ4n) is 8.05. The van der Waals surface area contributed by atoms with Crippen molar-refractivity contribution < 1.29 is 33.6 Å². The quantitative estimate of drug-likeness (QED) is 0.161. The summed E-state index contributed by atoms with van der Waals surface area (Å²) in [7, 11) is 0. The summed E-state index contributed by atoms with van der Waals surface area (Å²) in [4.78, 5) is 97.8. The summed E-state index contributed by atoms with van der Waals surface area (Å²) in [5.41, 5.74) is -1.16. The van der Waals surface area contributed by atoms with Crippen molar-refractivity contribution in [2.75, 3.05) is 13.1 Å². The predicted molar refractivity (Wildman–Crippen MR) is 209 cm³/mol. The van der Waals surface area contributed by atoms with E-state index in [2.05, 4.69) is 35.1 Å². The Hall–Kier alpha value is -4.29. The highest BCUT2D eigenvalue weighted by Gasteiger charge is 2.70. The van der Waals surface area contributed by atoms with Crippen LogP contribution >= 0.6 is 0 Å². The molecule has 55 heavy (non-hydrogen) atoms. The molecule has 3 aliphatic rings. The van der Waals surface area contributed by atoms with Crippen molar-refractivity contribution in [3.8, 4) is 0 Å². The van der Waals surface area contributed by atoms with Gasteiger partial charge in [0, 0.05) is 32.5 Å². The van der Waals surface area contributed by atoms with Crippen molar-refractivity contribution in [1.29, 1.82) is 0 Å². The Bertz CT molecular complexity index is 1620. The third-order valence-corrected chi connectivity index (χ3v) is 11.7. The molecule has 13 nitrogen and oxygen atoms in total. The molecule has 0 bridgehead atoms. The SMILES string of the molecule is CCCCC(NC(=O)[C@@H]1[C@@H]2[C@H](CN1C(=O)[C@@H](NC(=O)N[C@@H](CN1C(=O)CC(C)(C)CC1=O)C(C)(C)C)C(C)(C)C)C2(C)C)C(=O)C(=O)NCc1ccccc1. The van der Waals surface area contributed by atoms with Crippen LogP contribution in [0.2, 0.25) is 0 Å². The van der Waals surface area contributed by atoms with Gasteiger partial charge in [-0.15, -0.1) is 0 Å². The van der Waals surface area contributed by atoms with Crippen LogP contribution in [0.5, 0.6) is 0 Å². The lowest BCUT2D eigenvalue weighted by molar-refractivity contribution is -0.153. The predicted octanol–water partition coefficient (Wildman–Crippen LogP) is 4.33. The van der Waals surface area contributed by atoms with E-state index in [0.717, 1.165) is 12.0 Å². The first-order chi connectivity index (χ1) is 25.4. The number of piperidine rings is 2. The largest absolute Gasteiger partial charge is 0.345 e. The van der Waals surface area contributed by atoms with E-state index in [4.69, 9.17) is 0 Å². The molecule has 2 saturated heterocycles. The van der Waals surface area contributed by atoms with Gasteiger partial charge in [0.05, 0.1) is 12.1 Å². The van der Waals surface area contributed by atoms with Crippen LogP contribution < -0.4 is 21.3 Å². The molecule has 1 unspecified atom stereocenters. The zero-order valence-electron chi connectivity index (χ0n) is 34.8. The van der Waals surface area contributed by atoms with E-state index >= 15 is 0 Å². The Kier molecular flexibility index (Phi) is 13.0. The lowest BCUT2D eigenvalue weighted by atomic mass is 9.80. The van der Waals surface area contributed by atoms with Crippen molar-refractivity contribution in [2.24, 2.45) is 33.5 Å². The maximum atomic E-state index is 14.6. The van der Waals surface area contributed by atoms with Gasteiger partial charge in [-0.1, -0.05) is 119 Å². The van der Waals surface area contributed by atoms with Gasteiger partial charge in [0.1, 0.15) is 12.1 Å². The Labute approximate surface area is 326 Å². The van der Waals surface area contributed by atoms with E-state index in [-0.39, 0.29) is 61.4 Å². The van der Waals surface area contributed by atoms with E-state index in [1.807, 2.05) is 92.6 Å². The number of Topliss-reactive ketones (excluding diaryl/α,β-unsaturated/α-hetero) is 1. The van der Waals surface area contributed by atoms with Crippen molar-refractivity contribution in [1.82, 2.24) is 31.1 Å². The summed E-state index contributed by atoms with van der Waals surface area (Å²) in [6.07, 6.45) is 2.07. The molecule has 3 fully saturated rings. The van der Waals surface area contributed by atoms with Crippen LogP contribution in [0, 0.1) is 33.5 Å². The molecule has 0 aromatic heterocycles. The molecule has 1 aliphatic carbocycles. The minimum atomic E-state index is -1.07. The Balaban J connectivity index is 1.51. The molecule has 6 atom stereocenters. The first-order valence-electron chi connectivity index (χ1n) is 19.8. The zero-order valence-corrected chi connectivity index (χ0v) is 34.8. The van der Waals surface area contributed by atoms with Gasteiger partial charge in [-0.25, -0.2) is 4.79 Å². The van der Waals surface area contributed by atoms with E-state index in [1.54, 1.807) is 0 Å². The van der Waals surface area contributed by atoms with Crippen LogP contribution in [0.25, 0.3) is 0 Å². The summed E-state index contributed by atoms with van der Waals surface area (Å²) in [5.74, 6) is -3.16. The number of fused-ring (bicyclic) bond motifs is 1. The molecule has 304 valence electrons. The van der Waals surface area contributed by atoms with Gasteiger partial charge in [-0.3, -0.25) is 33.7 Å². The number of unbranched alkanes of at least 4 members (excludes halogenated alkanes) is 1. The summed E-state index contributed by atoms with van der Waals surface area (Å²) < 4.78 is 0. The third kappa shape index (κ3) is 10.3. The van der Waals surface area contributed by atoms with Crippen molar-refractivity contribution in [3.63, 3.8) is 0 Å². The molecule has 13 heteroatoms. The van der Waals surface area contributed by atoms with Crippen molar-refractivity contribution in [3.05, 3.63) is 35.9 Å². The second-order valence-corrected chi connectivity index (χ2v) is 19.4. The van der Waals surface area contributed by atoms with Crippen molar-refractivity contribution in [2.45, 2.75) is 139 Å². The number of imide groups is 1. The number of likely N-dealkylation sites (tertiary alicyclic amines) is 2. The van der Waals surface area contributed by atoms with Gasteiger partial charge in [0.25, 0.3) is 5.91 Å². The van der Waals surface area contributed by atoms with Crippen LogP contribution in [0.1, 0.15) is 114 Å². The Morgan fingerprint density at radius 1 is 0.855 bits per heavy atom. The number of nitrogens with zero attached hydrogens (tertiary/aromatic N) is 2. The molecule has 0 spiro atoms. The normalized spacial score (nSPS) is 23.2. The van der Waals surface area contributed by atoms with E-state index < -0.39 is 69.9 Å². The number of urea groups is 1. The number of ketones is 1. The number of hydrogen-bond donors (Lipinski definition) is 4. The van der Waals surface area contributed by atoms with Crippen LogP contribution in [0.3, 0.4) is 0 Å². The third-order valence-electron chi connectivity index (χ3n) is 11.7. The molecule has 2 heterocycles. The topological polar surface area (TPSA) is 174 Å². The number of carbonyl (C=O) groups is 7. The van der Waals surface area contributed by atoms with E-state index in [9.17, 15) is 33.6 Å². The number of hydrogen-bond acceptors (Lipinski definition) is 7. The van der Waals surface area contributed by atoms with Gasteiger partial charge in [-0.05, 0) is 45.5 Å². The molecule has 0 radical (unpaired) electrons. The Morgan fingerprint density at radius 3 is 2.00 bits per heavy atom. The number of amides is 7. The fourth-order valence-corrected chi connectivity index (χ4v) is 8.05. The smallest absolute Gasteiger partial charge is 0.315 e. The molecule has 1 aromatic carbocycles. The van der Waals surface area contributed by atoms with Crippen LogP contribution in [0.4, 0.5) is 4.79 Å². The summed E-state index contributed by atoms with van der Waals surface area (Å²) >= 11 is 0. The molecule has 1 saturated carbocycles. The highest BCUT2D eigenvalue weighted by atomic mass is 16.2. The average molecular weight is 765 g/mol. The molecule has 1 aromatic rings. The highest BCUT2D eigenvalue weighted by molar-refractivity contribution is 6.38. The highest BCUT2D eigenvalue weighted by Crippen LogP contribution is 2.65. The second kappa shape index (κ2) is 16.4. The molecule has 2 aliphatic heterocycles.